The van der Waals surface area contributed by atoms with Crippen LogP contribution in [0.2, 0.25) is 0 Å². The number of furan rings is 1. The van der Waals surface area contributed by atoms with Crippen molar-refractivity contribution in [3.63, 3.8) is 0 Å². The Balaban J connectivity index is 1.52. The second-order valence-corrected chi connectivity index (χ2v) is 8.43. The van der Waals surface area contributed by atoms with Crippen molar-refractivity contribution in [2.45, 2.75) is 11.8 Å². The number of hydrogen-bond acceptors (Lipinski definition) is 7. The van der Waals surface area contributed by atoms with Crippen molar-refractivity contribution in [3.05, 3.63) is 41.9 Å². The van der Waals surface area contributed by atoms with Crippen molar-refractivity contribution in [2.75, 3.05) is 26.2 Å². The third-order valence-corrected chi connectivity index (χ3v) is 6.82. The monoisotopic (exact) mass is 392 g/mol. The first kappa shape index (κ1) is 17.1. The number of aryl methyl sites for hydroxylation is 1. The van der Waals surface area contributed by atoms with Crippen LogP contribution >= 0.6 is 11.7 Å². The van der Waals surface area contributed by atoms with Crippen LogP contribution in [0.15, 0.2) is 39.6 Å². The lowest BCUT2D eigenvalue weighted by atomic mass is 10.3. The van der Waals surface area contributed by atoms with E-state index in [2.05, 4.69) is 8.75 Å². The molecule has 3 aromatic rings. The Morgan fingerprint density at radius 3 is 2.58 bits per heavy atom. The van der Waals surface area contributed by atoms with Crippen molar-refractivity contribution in [1.82, 2.24) is 18.0 Å². The van der Waals surface area contributed by atoms with E-state index in [4.69, 9.17) is 4.42 Å². The van der Waals surface area contributed by atoms with E-state index in [1.165, 1.54) is 4.31 Å². The molecule has 1 saturated heterocycles. The van der Waals surface area contributed by atoms with Crippen molar-refractivity contribution in [1.29, 1.82) is 0 Å². The number of carbonyl (C=O) groups excluding carboxylic acids is 1. The third kappa shape index (κ3) is 2.89. The van der Waals surface area contributed by atoms with Gasteiger partial charge in [0.25, 0.3) is 5.91 Å². The summed E-state index contributed by atoms with van der Waals surface area (Å²) >= 11 is 0.987. The van der Waals surface area contributed by atoms with Gasteiger partial charge in [0.15, 0.2) is 5.76 Å². The second kappa shape index (κ2) is 6.45. The molecule has 1 fully saturated rings. The van der Waals surface area contributed by atoms with Gasteiger partial charge < -0.3 is 9.32 Å². The molecule has 3 heterocycles. The summed E-state index contributed by atoms with van der Waals surface area (Å²) in [6.07, 6.45) is 0. The van der Waals surface area contributed by atoms with Crippen LogP contribution in [0, 0.1) is 6.92 Å². The fourth-order valence-electron chi connectivity index (χ4n) is 2.97. The van der Waals surface area contributed by atoms with Gasteiger partial charge in [0.1, 0.15) is 21.7 Å². The zero-order chi connectivity index (χ0) is 18.3. The first-order valence-electron chi connectivity index (χ1n) is 8.04. The molecule has 0 aliphatic carbocycles. The number of fused-ring (bicyclic) bond motifs is 1. The standard InChI is InChI=1S/C16H16N4O4S2/c1-11-5-6-13(24-11)16(21)19-7-9-20(10-8-19)26(22,23)14-4-2-3-12-15(14)18-25-17-12/h2-6H,7-10H2,1H3. The van der Waals surface area contributed by atoms with E-state index >= 15 is 0 Å². The van der Waals surface area contributed by atoms with E-state index in [0.717, 1.165) is 11.7 Å². The molecule has 0 bridgehead atoms. The molecule has 0 saturated carbocycles. The average Bonchev–Trinajstić information content (AvgIpc) is 3.29. The van der Waals surface area contributed by atoms with E-state index < -0.39 is 10.0 Å². The van der Waals surface area contributed by atoms with Gasteiger partial charge in [0.2, 0.25) is 10.0 Å². The molecule has 0 N–H and O–H groups in total. The predicted octanol–water partition coefficient (Wildman–Crippen LogP) is 1.74. The molecule has 2 aromatic heterocycles. The van der Waals surface area contributed by atoms with Crippen molar-refractivity contribution in [2.24, 2.45) is 0 Å². The minimum Gasteiger partial charge on any atom is -0.456 e. The number of carbonyl (C=O) groups is 1. The molecule has 0 unspecified atom stereocenters. The average molecular weight is 392 g/mol. The number of rotatable bonds is 3. The van der Waals surface area contributed by atoms with Crippen molar-refractivity contribution < 1.29 is 17.6 Å². The maximum Gasteiger partial charge on any atom is 0.289 e. The fourth-order valence-corrected chi connectivity index (χ4v) is 5.14. The highest BCUT2D eigenvalue weighted by molar-refractivity contribution is 7.89. The molecule has 1 aliphatic heterocycles. The molecule has 136 valence electrons. The van der Waals surface area contributed by atoms with E-state index in [0.29, 0.717) is 29.9 Å². The summed E-state index contributed by atoms with van der Waals surface area (Å²) in [7, 11) is -3.69. The Morgan fingerprint density at radius 1 is 1.12 bits per heavy atom. The molecule has 1 amide bonds. The molecule has 0 spiro atoms. The van der Waals surface area contributed by atoms with Crippen LogP contribution in [0.4, 0.5) is 0 Å². The zero-order valence-electron chi connectivity index (χ0n) is 14.0. The number of aromatic nitrogens is 2. The van der Waals surface area contributed by atoms with Gasteiger partial charge in [0.05, 0.1) is 11.7 Å². The Hall–Kier alpha value is -2.30. The minimum absolute atomic E-state index is 0.158. The highest BCUT2D eigenvalue weighted by Crippen LogP contribution is 2.25. The second-order valence-electron chi connectivity index (χ2n) is 5.99. The molecule has 1 aromatic carbocycles. The fraction of sp³-hybridized carbons (Fsp3) is 0.312. The predicted molar refractivity (Wildman–Crippen MR) is 95.5 cm³/mol. The largest absolute Gasteiger partial charge is 0.456 e. The van der Waals surface area contributed by atoms with Crippen LogP contribution < -0.4 is 0 Å². The zero-order valence-corrected chi connectivity index (χ0v) is 15.6. The topological polar surface area (TPSA) is 96.6 Å². The van der Waals surface area contributed by atoms with E-state index in [9.17, 15) is 13.2 Å². The van der Waals surface area contributed by atoms with Crippen LogP contribution in [0.5, 0.6) is 0 Å². The number of sulfonamides is 1. The Labute approximate surface area is 154 Å². The normalized spacial score (nSPS) is 16.3. The maximum absolute atomic E-state index is 13.0. The molecule has 1 aliphatic rings. The molecule has 0 radical (unpaired) electrons. The lowest BCUT2D eigenvalue weighted by Crippen LogP contribution is -2.50. The van der Waals surface area contributed by atoms with Crippen LogP contribution in [0.3, 0.4) is 0 Å². The SMILES string of the molecule is Cc1ccc(C(=O)N2CCN(S(=O)(=O)c3cccc4nsnc34)CC2)o1. The van der Waals surface area contributed by atoms with Crippen LogP contribution in [0.1, 0.15) is 16.3 Å². The van der Waals surface area contributed by atoms with E-state index in [1.807, 2.05) is 0 Å². The summed E-state index contributed by atoms with van der Waals surface area (Å²) < 4.78 is 40.9. The number of amides is 1. The number of piperazine rings is 1. The van der Waals surface area contributed by atoms with Gasteiger partial charge in [-0.05, 0) is 31.2 Å². The molecule has 0 atom stereocenters. The summed E-state index contributed by atoms with van der Waals surface area (Å²) in [6, 6.07) is 8.31. The molecular formula is C16H16N4O4S2. The summed E-state index contributed by atoms with van der Waals surface area (Å²) in [6.45, 7) is 2.84. The summed E-state index contributed by atoms with van der Waals surface area (Å²) in [5, 5.41) is 0. The third-order valence-electron chi connectivity index (χ3n) is 4.34. The Kier molecular flexibility index (Phi) is 4.25. The molecular weight excluding hydrogens is 376 g/mol. The lowest BCUT2D eigenvalue weighted by molar-refractivity contribution is 0.0664. The number of benzene rings is 1. The van der Waals surface area contributed by atoms with Gasteiger partial charge in [0, 0.05) is 26.2 Å². The van der Waals surface area contributed by atoms with Crippen molar-refractivity contribution in [3.8, 4) is 0 Å². The van der Waals surface area contributed by atoms with Crippen LogP contribution in [-0.4, -0.2) is 58.5 Å². The summed E-state index contributed by atoms with van der Waals surface area (Å²) in [5.41, 5.74) is 0.958. The van der Waals surface area contributed by atoms with Gasteiger partial charge in [-0.15, -0.1) is 0 Å². The molecule has 26 heavy (non-hydrogen) atoms. The number of nitrogens with zero attached hydrogens (tertiary/aromatic N) is 4. The minimum atomic E-state index is -3.69. The highest BCUT2D eigenvalue weighted by atomic mass is 32.2. The van der Waals surface area contributed by atoms with Gasteiger partial charge >= 0.3 is 0 Å². The maximum atomic E-state index is 13.0. The van der Waals surface area contributed by atoms with Gasteiger partial charge in [-0.25, -0.2) is 8.42 Å². The Bertz CT molecular complexity index is 1060. The first-order chi connectivity index (χ1) is 12.5. The quantitative estimate of drug-likeness (QED) is 0.674. The van der Waals surface area contributed by atoms with E-state index in [1.54, 1.807) is 42.2 Å². The highest BCUT2D eigenvalue weighted by Gasteiger charge is 2.32. The Morgan fingerprint density at radius 2 is 1.88 bits per heavy atom. The van der Waals surface area contributed by atoms with Crippen molar-refractivity contribution >= 4 is 38.7 Å². The molecule has 10 heteroatoms. The van der Waals surface area contributed by atoms with Gasteiger partial charge in [-0.3, -0.25) is 4.79 Å². The summed E-state index contributed by atoms with van der Waals surface area (Å²) in [4.78, 5) is 14.2. The van der Waals surface area contributed by atoms with Gasteiger partial charge in [-0.1, -0.05) is 6.07 Å². The van der Waals surface area contributed by atoms with Crippen LogP contribution in [-0.2, 0) is 10.0 Å². The molecule has 8 nitrogen and oxygen atoms in total. The number of hydrogen-bond donors (Lipinski definition) is 0. The first-order valence-corrected chi connectivity index (χ1v) is 10.2. The molecule has 4 rings (SSSR count). The smallest absolute Gasteiger partial charge is 0.289 e. The van der Waals surface area contributed by atoms with E-state index in [-0.39, 0.29) is 29.7 Å². The summed E-state index contributed by atoms with van der Waals surface area (Å²) in [5.74, 6) is 0.720. The van der Waals surface area contributed by atoms with Gasteiger partial charge in [-0.2, -0.15) is 13.1 Å². The lowest BCUT2D eigenvalue weighted by Gasteiger charge is -2.33. The van der Waals surface area contributed by atoms with Crippen LogP contribution in [0.25, 0.3) is 11.0 Å².